The minimum atomic E-state index is -0.440. The number of nitrogens with one attached hydrogen (secondary N) is 1. The minimum Gasteiger partial charge on any atom is -0.492 e. The molecular formula is C27H22Cl2N2O5S. The second kappa shape index (κ2) is 12.2. The number of rotatable bonds is 9. The molecule has 0 atom stereocenters. The molecule has 3 aromatic rings. The zero-order chi connectivity index (χ0) is 26.4. The molecule has 3 aromatic carbocycles. The van der Waals surface area contributed by atoms with Crippen molar-refractivity contribution in [3.05, 3.63) is 92.8 Å². The zero-order valence-corrected chi connectivity index (χ0v) is 22.0. The van der Waals surface area contributed by atoms with Crippen molar-refractivity contribution in [3.8, 4) is 11.5 Å². The topological polar surface area (TPSA) is 84.9 Å². The van der Waals surface area contributed by atoms with Gasteiger partial charge in [0, 0.05) is 10.6 Å². The molecule has 0 aromatic heterocycles. The van der Waals surface area contributed by atoms with Crippen molar-refractivity contribution in [2.75, 3.05) is 25.1 Å². The molecule has 37 heavy (non-hydrogen) atoms. The van der Waals surface area contributed by atoms with Crippen molar-refractivity contribution in [1.82, 2.24) is 4.90 Å². The van der Waals surface area contributed by atoms with Gasteiger partial charge in [-0.05, 0) is 67.2 Å². The highest BCUT2D eigenvalue weighted by atomic mass is 35.5. The number of ether oxygens (including phenoxy) is 2. The number of carbonyl (C=O) groups excluding carboxylic acids is 3. The molecule has 0 radical (unpaired) electrons. The Kier molecular flexibility index (Phi) is 8.76. The van der Waals surface area contributed by atoms with E-state index in [-0.39, 0.29) is 24.7 Å². The molecule has 190 valence electrons. The van der Waals surface area contributed by atoms with E-state index in [4.69, 9.17) is 32.7 Å². The van der Waals surface area contributed by atoms with Crippen LogP contribution in [0.4, 0.5) is 10.5 Å². The maximum atomic E-state index is 12.9. The summed E-state index contributed by atoms with van der Waals surface area (Å²) < 4.78 is 11.3. The molecule has 7 nitrogen and oxygen atoms in total. The predicted octanol–water partition coefficient (Wildman–Crippen LogP) is 6.43. The molecule has 10 heteroatoms. The van der Waals surface area contributed by atoms with Gasteiger partial charge >= 0.3 is 0 Å². The van der Waals surface area contributed by atoms with Gasteiger partial charge in [0.1, 0.15) is 18.1 Å². The molecule has 4 rings (SSSR count). The maximum Gasteiger partial charge on any atom is 0.293 e. The average Bonchev–Trinajstić information content (AvgIpc) is 3.13. The lowest BCUT2D eigenvalue weighted by Crippen LogP contribution is -2.32. The molecule has 1 aliphatic heterocycles. The largest absolute Gasteiger partial charge is 0.492 e. The van der Waals surface area contributed by atoms with Crippen LogP contribution in [0.25, 0.3) is 6.08 Å². The van der Waals surface area contributed by atoms with Crippen LogP contribution in [0, 0.1) is 6.92 Å². The smallest absolute Gasteiger partial charge is 0.293 e. The molecule has 0 aliphatic carbocycles. The normalized spacial score (nSPS) is 14.2. The first-order chi connectivity index (χ1) is 17.8. The molecule has 0 unspecified atom stereocenters. The second-order valence-electron chi connectivity index (χ2n) is 7.99. The standard InChI is InChI=1S/C27H22Cl2N2O5S/c1-17-6-9-20(10-7-17)35-13-12-31-26(33)24(37-27(31)34)15-18-14-19(28)8-11-23(18)36-16-25(32)30-22-5-3-2-4-21(22)29/h2-11,14-15H,12-13,16H2,1H3,(H,30,32)/b24-15-. The third-order valence-corrected chi connectivity index (χ3v) is 6.72. The average molecular weight is 557 g/mol. The summed E-state index contributed by atoms with van der Waals surface area (Å²) in [5.74, 6) is 0.133. The summed E-state index contributed by atoms with van der Waals surface area (Å²) in [6, 6.07) is 19.1. The Morgan fingerprint density at radius 3 is 2.54 bits per heavy atom. The first-order valence-electron chi connectivity index (χ1n) is 11.2. The summed E-state index contributed by atoms with van der Waals surface area (Å²) in [5.41, 5.74) is 2.03. The third-order valence-electron chi connectivity index (χ3n) is 5.24. The van der Waals surface area contributed by atoms with Crippen molar-refractivity contribution < 1.29 is 23.9 Å². The van der Waals surface area contributed by atoms with Gasteiger partial charge in [-0.2, -0.15) is 0 Å². The number of aryl methyl sites for hydroxylation is 1. The first-order valence-corrected chi connectivity index (χ1v) is 12.8. The Labute approximate surface area is 228 Å². The van der Waals surface area contributed by atoms with Gasteiger partial charge in [-0.1, -0.05) is 53.0 Å². The summed E-state index contributed by atoms with van der Waals surface area (Å²) >= 11 is 13.1. The number of nitrogens with zero attached hydrogens (tertiary/aromatic N) is 1. The number of amides is 3. The van der Waals surface area contributed by atoms with Gasteiger partial charge in [0.05, 0.1) is 22.2 Å². The van der Waals surface area contributed by atoms with E-state index in [1.807, 2.05) is 31.2 Å². The van der Waals surface area contributed by atoms with E-state index in [1.165, 1.54) is 6.08 Å². The molecule has 1 heterocycles. The number of hydrogen-bond donors (Lipinski definition) is 1. The van der Waals surface area contributed by atoms with Crippen LogP contribution in [0.2, 0.25) is 10.0 Å². The van der Waals surface area contributed by atoms with Crippen LogP contribution in [0.5, 0.6) is 11.5 Å². The molecular weight excluding hydrogens is 535 g/mol. The Bertz CT molecular complexity index is 1360. The monoisotopic (exact) mass is 556 g/mol. The lowest BCUT2D eigenvalue weighted by atomic mass is 10.2. The fourth-order valence-electron chi connectivity index (χ4n) is 3.38. The second-order valence-corrected chi connectivity index (χ2v) is 9.83. The first kappa shape index (κ1) is 26.6. The molecule has 1 aliphatic rings. The van der Waals surface area contributed by atoms with E-state index in [0.29, 0.717) is 32.8 Å². The maximum absolute atomic E-state index is 12.9. The van der Waals surface area contributed by atoms with Crippen LogP contribution < -0.4 is 14.8 Å². The van der Waals surface area contributed by atoms with Crippen LogP contribution >= 0.6 is 35.0 Å². The van der Waals surface area contributed by atoms with E-state index < -0.39 is 17.1 Å². The Balaban J connectivity index is 1.40. The molecule has 0 bridgehead atoms. The van der Waals surface area contributed by atoms with E-state index in [0.717, 1.165) is 22.2 Å². The van der Waals surface area contributed by atoms with Crippen molar-refractivity contribution in [2.45, 2.75) is 6.92 Å². The molecule has 3 amide bonds. The van der Waals surface area contributed by atoms with E-state index in [1.54, 1.807) is 42.5 Å². The van der Waals surface area contributed by atoms with Gasteiger partial charge in [-0.3, -0.25) is 19.3 Å². The zero-order valence-electron chi connectivity index (χ0n) is 19.7. The van der Waals surface area contributed by atoms with Gasteiger partial charge in [0.15, 0.2) is 6.61 Å². The van der Waals surface area contributed by atoms with Gasteiger partial charge < -0.3 is 14.8 Å². The van der Waals surface area contributed by atoms with Crippen LogP contribution in [-0.4, -0.2) is 41.7 Å². The van der Waals surface area contributed by atoms with Crippen molar-refractivity contribution in [2.24, 2.45) is 0 Å². The quantitative estimate of drug-likeness (QED) is 0.305. The number of anilines is 1. The summed E-state index contributed by atoms with van der Waals surface area (Å²) in [4.78, 5) is 39.1. The Morgan fingerprint density at radius 1 is 1.03 bits per heavy atom. The number of benzene rings is 3. The number of halogens is 2. The summed E-state index contributed by atoms with van der Waals surface area (Å²) in [6.45, 7) is 1.95. The van der Waals surface area contributed by atoms with Gasteiger partial charge in [0.2, 0.25) is 0 Å². The predicted molar refractivity (Wildman–Crippen MR) is 146 cm³/mol. The van der Waals surface area contributed by atoms with Crippen molar-refractivity contribution in [1.29, 1.82) is 0 Å². The van der Waals surface area contributed by atoms with Crippen LogP contribution in [-0.2, 0) is 9.59 Å². The van der Waals surface area contributed by atoms with Crippen LogP contribution in [0.1, 0.15) is 11.1 Å². The molecule has 1 fully saturated rings. The SMILES string of the molecule is Cc1ccc(OCCN2C(=O)S/C(=C\c3cc(Cl)ccc3OCC(=O)Nc3ccccc3Cl)C2=O)cc1. The number of thioether (sulfide) groups is 1. The number of carbonyl (C=O) groups is 3. The fraction of sp³-hybridized carbons (Fsp3) is 0.148. The highest BCUT2D eigenvalue weighted by molar-refractivity contribution is 8.18. The number of hydrogen-bond acceptors (Lipinski definition) is 6. The van der Waals surface area contributed by atoms with E-state index >= 15 is 0 Å². The number of imide groups is 1. The lowest BCUT2D eigenvalue weighted by Gasteiger charge is -2.13. The molecule has 0 saturated carbocycles. The van der Waals surface area contributed by atoms with Gasteiger partial charge in [-0.15, -0.1) is 0 Å². The molecule has 1 saturated heterocycles. The van der Waals surface area contributed by atoms with Gasteiger partial charge in [0.25, 0.3) is 17.1 Å². The summed E-state index contributed by atoms with van der Waals surface area (Å²) in [5, 5.41) is 3.10. The highest BCUT2D eigenvalue weighted by Gasteiger charge is 2.35. The Hall–Kier alpha value is -3.46. The lowest BCUT2D eigenvalue weighted by molar-refractivity contribution is -0.123. The van der Waals surface area contributed by atoms with E-state index in [2.05, 4.69) is 5.32 Å². The molecule has 1 N–H and O–H groups in total. The van der Waals surface area contributed by atoms with Gasteiger partial charge in [-0.25, -0.2) is 0 Å². The fourth-order valence-corrected chi connectivity index (χ4v) is 4.60. The molecule has 0 spiro atoms. The van der Waals surface area contributed by atoms with Crippen LogP contribution in [0.15, 0.2) is 71.6 Å². The highest BCUT2D eigenvalue weighted by Crippen LogP contribution is 2.35. The number of para-hydroxylation sites is 1. The minimum absolute atomic E-state index is 0.108. The third kappa shape index (κ3) is 7.07. The van der Waals surface area contributed by atoms with Crippen molar-refractivity contribution >= 4 is 63.8 Å². The van der Waals surface area contributed by atoms with Crippen molar-refractivity contribution in [3.63, 3.8) is 0 Å². The van der Waals surface area contributed by atoms with Crippen LogP contribution in [0.3, 0.4) is 0 Å². The van der Waals surface area contributed by atoms with E-state index in [9.17, 15) is 14.4 Å². The summed E-state index contributed by atoms with van der Waals surface area (Å²) in [7, 11) is 0. The summed E-state index contributed by atoms with van der Waals surface area (Å²) in [6.07, 6.45) is 1.53. The Morgan fingerprint density at radius 2 is 1.78 bits per heavy atom.